The molecule has 7 nitrogen and oxygen atoms in total. The predicted octanol–water partition coefficient (Wildman–Crippen LogP) is -1.31. The molecule has 3 amide bonds. The molecule has 0 aromatic rings. The van der Waals surface area contributed by atoms with Crippen LogP contribution in [0, 0.1) is 0 Å². The van der Waals surface area contributed by atoms with Crippen molar-refractivity contribution in [2.75, 3.05) is 13.7 Å². The van der Waals surface area contributed by atoms with Gasteiger partial charge in [0.25, 0.3) is 5.91 Å². The van der Waals surface area contributed by atoms with Crippen LogP contribution in [0.2, 0.25) is 0 Å². The largest absolute Gasteiger partial charge is 0.467 e. The number of hydrogen-bond acceptors (Lipinski definition) is 5. The second-order valence-corrected chi connectivity index (χ2v) is 2.87. The lowest BCUT2D eigenvalue weighted by Gasteiger charge is -2.19. The molecule has 0 aromatic heterocycles. The highest BCUT2D eigenvalue weighted by Crippen LogP contribution is 2.11. The van der Waals surface area contributed by atoms with E-state index in [1.165, 1.54) is 14.0 Å². The van der Waals surface area contributed by atoms with Crippen molar-refractivity contribution in [1.29, 1.82) is 0 Å². The Kier molecular flexibility index (Phi) is 2.70. The molecule has 0 bridgehead atoms. The summed E-state index contributed by atoms with van der Waals surface area (Å²) in [6.45, 7) is 1.28. The van der Waals surface area contributed by atoms with E-state index in [-0.39, 0.29) is 6.54 Å². The smallest absolute Gasteiger partial charge is 0.342 e. The maximum absolute atomic E-state index is 11.3. The molecule has 0 radical (unpaired) electrons. The van der Waals surface area contributed by atoms with Crippen LogP contribution in [0.25, 0.3) is 0 Å². The van der Waals surface area contributed by atoms with E-state index in [1.54, 1.807) is 0 Å². The number of carbonyl (C=O) groups excluding carboxylic acids is 3. The third kappa shape index (κ3) is 1.53. The number of rotatable bonds is 2. The van der Waals surface area contributed by atoms with E-state index in [2.05, 4.69) is 4.74 Å². The van der Waals surface area contributed by atoms with Crippen LogP contribution in [0.4, 0.5) is 4.79 Å². The normalized spacial score (nSPS) is 18.8. The van der Waals surface area contributed by atoms with Gasteiger partial charge in [-0.05, 0) is 6.92 Å². The van der Waals surface area contributed by atoms with E-state index in [9.17, 15) is 14.4 Å². The molecule has 2 N–H and O–H groups in total. The van der Waals surface area contributed by atoms with Crippen LogP contribution in [0.1, 0.15) is 6.92 Å². The number of urea groups is 1. The predicted molar refractivity (Wildman–Crippen MR) is 44.6 cm³/mol. The number of ether oxygens (including phenoxy) is 1. The zero-order valence-electron chi connectivity index (χ0n) is 7.89. The second kappa shape index (κ2) is 3.62. The summed E-state index contributed by atoms with van der Waals surface area (Å²) in [5.74, 6) is 4.01. The minimum absolute atomic E-state index is 0.189. The molecule has 1 aliphatic heterocycles. The van der Waals surface area contributed by atoms with Crippen molar-refractivity contribution >= 4 is 17.9 Å². The molecule has 0 spiro atoms. The standard InChI is InChI=1S/C7H11N3O4/c1-4(6(12)14-2)9-3-5(11)10(8)7(9)13/h4H,3,8H2,1-2H3. The van der Waals surface area contributed by atoms with Crippen molar-refractivity contribution in [2.45, 2.75) is 13.0 Å². The maximum Gasteiger partial charge on any atom is 0.342 e. The Balaban J connectivity index is 2.76. The zero-order valence-corrected chi connectivity index (χ0v) is 7.89. The van der Waals surface area contributed by atoms with Gasteiger partial charge in [-0.3, -0.25) is 4.79 Å². The van der Waals surface area contributed by atoms with Gasteiger partial charge in [0.15, 0.2) is 0 Å². The fourth-order valence-corrected chi connectivity index (χ4v) is 1.13. The van der Waals surface area contributed by atoms with Crippen LogP contribution in [0.15, 0.2) is 0 Å². The van der Waals surface area contributed by atoms with Crippen molar-refractivity contribution in [2.24, 2.45) is 5.84 Å². The summed E-state index contributed by atoms with van der Waals surface area (Å²) in [4.78, 5) is 34.4. The summed E-state index contributed by atoms with van der Waals surface area (Å²) in [6.07, 6.45) is 0. The number of nitrogens with zero attached hydrogens (tertiary/aromatic N) is 2. The molecule has 7 heteroatoms. The monoisotopic (exact) mass is 201 g/mol. The number of methoxy groups -OCH3 is 1. The van der Waals surface area contributed by atoms with Crippen molar-refractivity contribution in [3.63, 3.8) is 0 Å². The van der Waals surface area contributed by atoms with Crippen LogP contribution < -0.4 is 5.84 Å². The molecule has 1 atom stereocenters. The molecule has 1 unspecified atom stereocenters. The van der Waals surface area contributed by atoms with Gasteiger partial charge in [-0.2, -0.15) is 5.01 Å². The third-order valence-corrected chi connectivity index (χ3v) is 2.04. The third-order valence-electron chi connectivity index (χ3n) is 2.04. The summed E-state index contributed by atoms with van der Waals surface area (Å²) < 4.78 is 4.44. The molecule has 78 valence electrons. The van der Waals surface area contributed by atoms with Crippen molar-refractivity contribution in [3.05, 3.63) is 0 Å². The van der Waals surface area contributed by atoms with Gasteiger partial charge in [-0.1, -0.05) is 0 Å². The number of imide groups is 1. The van der Waals surface area contributed by atoms with Crippen molar-refractivity contribution in [3.8, 4) is 0 Å². The van der Waals surface area contributed by atoms with Crippen LogP contribution >= 0.6 is 0 Å². The first-order valence-corrected chi connectivity index (χ1v) is 3.95. The fourth-order valence-electron chi connectivity index (χ4n) is 1.13. The molecule has 1 fully saturated rings. The van der Waals surface area contributed by atoms with E-state index < -0.39 is 23.9 Å². The Morgan fingerprint density at radius 2 is 2.14 bits per heavy atom. The molecule has 0 saturated carbocycles. The number of carbonyl (C=O) groups is 3. The second-order valence-electron chi connectivity index (χ2n) is 2.87. The first kappa shape index (κ1) is 10.5. The molecular formula is C7H11N3O4. The van der Waals surface area contributed by atoms with Gasteiger partial charge < -0.3 is 9.64 Å². The van der Waals surface area contributed by atoms with E-state index in [4.69, 9.17) is 5.84 Å². The number of hydrogen-bond donors (Lipinski definition) is 1. The van der Waals surface area contributed by atoms with Gasteiger partial charge in [0.2, 0.25) is 0 Å². The zero-order chi connectivity index (χ0) is 10.9. The number of hydrazine groups is 1. The average Bonchev–Trinajstić information content (AvgIpc) is 2.43. The van der Waals surface area contributed by atoms with Gasteiger partial charge in [0.1, 0.15) is 12.6 Å². The quantitative estimate of drug-likeness (QED) is 0.259. The van der Waals surface area contributed by atoms with Gasteiger partial charge >= 0.3 is 12.0 Å². The minimum atomic E-state index is -0.801. The lowest BCUT2D eigenvalue weighted by molar-refractivity contribution is -0.145. The van der Waals surface area contributed by atoms with Crippen LogP contribution in [-0.4, -0.2) is 47.5 Å². The maximum atomic E-state index is 11.3. The minimum Gasteiger partial charge on any atom is -0.467 e. The highest BCUT2D eigenvalue weighted by Gasteiger charge is 2.39. The molecule has 0 aromatic carbocycles. The summed E-state index contributed by atoms with van der Waals surface area (Å²) in [7, 11) is 1.21. The molecule has 1 heterocycles. The van der Waals surface area contributed by atoms with Gasteiger partial charge in [0, 0.05) is 0 Å². The highest BCUT2D eigenvalue weighted by atomic mass is 16.5. The Morgan fingerprint density at radius 1 is 1.57 bits per heavy atom. The molecule has 1 aliphatic rings. The van der Waals surface area contributed by atoms with E-state index >= 15 is 0 Å². The number of esters is 1. The topological polar surface area (TPSA) is 92.9 Å². The van der Waals surface area contributed by atoms with Gasteiger partial charge in [-0.25, -0.2) is 15.4 Å². The van der Waals surface area contributed by atoms with Crippen LogP contribution in [-0.2, 0) is 14.3 Å². The molecular weight excluding hydrogens is 190 g/mol. The fraction of sp³-hybridized carbons (Fsp3) is 0.571. The summed E-state index contributed by atoms with van der Waals surface area (Å²) in [5.41, 5.74) is 0. The number of amides is 3. The first-order chi connectivity index (χ1) is 6.49. The number of nitrogens with two attached hydrogens (primary N) is 1. The molecule has 1 rings (SSSR count). The molecule has 14 heavy (non-hydrogen) atoms. The highest BCUT2D eigenvalue weighted by molar-refractivity contribution is 6.02. The Hall–Kier alpha value is -1.63. The first-order valence-electron chi connectivity index (χ1n) is 3.95. The average molecular weight is 201 g/mol. The SMILES string of the molecule is COC(=O)C(C)N1CC(=O)N(N)C1=O. The van der Waals surface area contributed by atoms with Gasteiger partial charge in [0.05, 0.1) is 7.11 Å². The van der Waals surface area contributed by atoms with E-state index in [1.807, 2.05) is 0 Å². The lowest BCUT2D eigenvalue weighted by Crippen LogP contribution is -2.44. The lowest BCUT2D eigenvalue weighted by atomic mass is 10.3. The van der Waals surface area contributed by atoms with Gasteiger partial charge in [-0.15, -0.1) is 0 Å². The van der Waals surface area contributed by atoms with Crippen molar-refractivity contribution in [1.82, 2.24) is 9.91 Å². The van der Waals surface area contributed by atoms with E-state index in [0.29, 0.717) is 5.01 Å². The molecule has 0 aliphatic carbocycles. The van der Waals surface area contributed by atoms with Crippen LogP contribution in [0.5, 0.6) is 0 Å². The summed E-state index contributed by atoms with van der Waals surface area (Å²) in [6, 6.07) is -1.49. The summed E-state index contributed by atoms with van der Waals surface area (Å²) in [5, 5.41) is 0.486. The Morgan fingerprint density at radius 3 is 2.50 bits per heavy atom. The molecule has 1 saturated heterocycles. The van der Waals surface area contributed by atoms with Crippen molar-refractivity contribution < 1.29 is 19.1 Å². The van der Waals surface area contributed by atoms with Crippen LogP contribution in [0.3, 0.4) is 0 Å². The Bertz CT molecular complexity index is 291. The summed E-state index contributed by atoms with van der Waals surface area (Å²) >= 11 is 0. The Labute approximate surface area is 80.4 Å². The van der Waals surface area contributed by atoms with E-state index in [0.717, 1.165) is 4.90 Å².